The molecule has 0 aliphatic carbocycles. The molecule has 0 radical (unpaired) electrons. The number of carbonyl (C=O) groups is 1. The first-order chi connectivity index (χ1) is 9.90. The molecule has 0 saturated carbocycles. The molecule has 1 aromatic heterocycles. The van der Waals surface area contributed by atoms with Crippen molar-refractivity contribution in [2.75, 3.05) is 10.7 Å². The van der Waals surface area contributed by atoms with Gasteiger partial charge in [-0.25, -0.2) is 19.6 Å². The van der Waals surface area contributed by atoms with Gasteiger partial charge in [-0.3, -0.25) is 4.79 Å². The summed E-state index contributed by atoms with van der Waals surface area (Å²) in [4.78, 5) is 16.2. The van der Waals surface area contributed by atoms with E-state index in [0.29, 0.717) is 17.6 Å². The minimum atomic E-state index is -0.877. The Morgan fingerprint density at radius 1 is 1.29 bits per heavy atom. The van der Waals surface area contributed by atoms with Crippen molar-refractivity contribution in [2.45, 2.75) is 6.92 Å². The Labute approximate surface area is 127 Å². The Bertz CT molecular complexity index is 686. The molecule has 0 saturated heterocycles. The smallest absolute Gasteiger partial charge is 0.255 e. The van der Waals surface area contributed by atoms with Gasteiger partial charge in [-0.1, -0.05) is 0 Å². The first-order valence-corrected chi connectivity index (χ1v) is 6.61. The molecule has 5 nitrogen and oxygen atoms in total. The summed E-state index contributed by atoms with van der Waals surface area (Å²) < 4.78 is 26.8. The highest BCUT2D eigenvalue weighted by molar-refractivity contribution is 9.10. The summed E-state index contributed by atoms with van der Waals surface area (Å²) in [5.74, 6) is 3.37. The molecule has 2 aromatic rings. The predicted molar refractivity (Wildman–Crippen MR) is 78.8 cm³/mol. The number of hydrogen-bond acceptors (Lipinski definition) is 4. The number of benzene rings is 1. The van der Waals surface area contributed by atoms with E-state index in [0.717, 1.165) is 6.07 Å². The molecule has 110 valence electrons. The van der Waals surface area contributed by atoms with E-state index in [-0.39, 0.29) is 15.7 Å². The quantitative estimate of drug-likeness (QED) is 0.583. The normalized spacial score (nSPS) is 10.3. The molecule has 0 unspecified atom stereocenters. The molecule has 0 aliphatic rings. The predicted octanol–water partition coefficient (Wildman–Crippen LogP) is 2.97. The van der Waals surface area contributed by atoms with Crippen LogP contribution in [-0.4, -0.2) is 10.9 Å². The maximum absolute atomic E-state index is 13.7. The molecular formula is C13H11BrF2N4O. The molecule has 1 aromatic carbocycles. The lowest BCUT2D eigenvalue weighted by Crippen LogP contribution is -2.16. The molecule has 0 fully saturated rings. The van der Waals surface area contributed by atoms with Gasteiger partial charge in [0.25, 0.3) is 5.91 Å². The van der Waals surface area contributed by atoms with Gasteiger partial charge < -0.3 is 10.7 Å². The largest absolute Gasteiger partial charge is 0.319 e. The highest BCUT2D eigenvalue weighted by Crippen LogP contribution is 2.27. The van der Waals surface area contributed by atoms with Crippen LogP contribution in [0, 0.1) is 18.6 Å². The fourth-order valence-corrected chi connectivity index (χ4v) is 2.23. The zero-order valence-corrected chi connectivity index (χ0v) is 12.5. The van der Waals surface area contributed by atoms with Gasteiger partial charge >= 0.3 is 0 Å². The Balaban J connectivity index is 2.32. The molecule has 4 N–H and O–H groups in total. The van der Waals surface area contributed by atoms with E-state index >= 15 is 0 Å². The third-order valence-electron chi connectivity index (χ3n) is 2.61. The van der Waals surface area contributed by atoms with Gasteiger partial charge in [0.15, 0.2) is 5.82 Å². The minimum absolute atomic E-state index is 0.108. The summed E-state index contributed by atoms with van der Waals surface area (Å²) in [5, 5.41) is 2.38. The van der Waals surface area contributed by atoms with E-state index in [1.54, 1.807) is 6.92 Å². The topological polar surface area (TPSA) is 80.0 Å². The third-order valence-corrected chi connectivity index (χ3v) is 3.23. The van der Waals surface area contributed by atoms with Gasteiger partial charge in [-0.05, 0) is 41.1 Å². The van der Waals surface area contributed by atoms with Crippen molar-refractivity contribution in [1.82, 2.24) is 4.98 Å². The van der Waals surface area contributed by atoms with Crippen LogP contribution < -0.4 is 16.6 Å². The standard InChI is InChI=1S/C13H11BrF2N4O/c1-6-2-7(3-11(18-6)20-17)13(21)19-12-9(14)4-8(15)5-10(12)16/h2-5H,17H2,1H3,(H,18,20)(H,19,21). The van der Waals surface area contributed by atoms with Crippen LogP contribution in [0.25, 0.3) is 0 Å². The number of carbonyl (C=O) groups excluding carboxylic acids is 1. The number of pyridine rings is 1. The number of aryl methyl sites for hydroxylation is 1. The summed E-state index contributed by atoms with van der Waals surface area (Å²) >= 11 is 3.00. The average molecular weight is 357 g/mol. The Kier molecular flexibility index (Phi) is 4.49. The van der Waals surface area contributed by atoms with Crippen LogP contribution in [0.2, 0.25) is 0 Å². The lowest BCUT2D eigenvalue weighted by Gasteiger charge is -2.10. The minimum Gasteiger partial charge on any atom is -0.319 e. The van der Waals surface area contributed by atoms with Crippen LogP contribution in [0.4, 0.5) is 20.3 Å². The highest BCUT2D eigenvalue weighted by atomic mass is 79.9. The van der Waals surface area contributed by atoms with Crippen LogP contribution in [0.3, 0.4) is 0 Å². The molecule has 1 heterocycles. The number of nitrogens with two attached hydrogens (primary N) is 1. The lowest BCUT2D eigenvalue weighted by atomic mass is 10.2. The molecule has 2 rings (SSSR count). The Hall–Kier alpha value is -2.06. The number of anilines is 2. The van der Waals surface area contributed by atoms with Crippen LogP contribution in [0.15, 0.2) is 28.7 Å². The van der Waals surface area contributed by atoms with Crippen molar-refractivity contribution in [3.8, 4) is 0 Å². The number of amides is 1. The third kappa shape index (κ3) is 3.53. The van der Waals surface area contributed by atoms with Gasteiger partial charge in [0.1, 0.15) is 11.6 Å². The first kappa shape index (κ1) is 15.3. The van der Waals surface area contributed by atoms with Gasteiger partial charge in [0, 0.05) is 21.8 Å². The number of nitrogen functional groups attached to an aromatic ring is 1. The van der Waals surface area contributed by atoms with E-state index in [4.69, 9.17) is 5.84 Å². The number of rotatable bonds is 3. The number of hydrogen-bond donors (Lipinski definition) is 3. The molecule has 21 heavy (non-hydrogen) atoms. The van der Waals surface area contributed by atoms with Gasteiger partial charge in [0.05, 0.1) is 5.69 Å². The molecule has 1 amide bonds. The van der Waals surface area contributed by atoms with E-state index in [1.165, 1.54) is 12.1 Å². The summed E-state index contributed by atoms with van der Waals surface area (Å²) in [6.07, 6.45) is 0. The van der Waals surface area contributed by atoms with Gasteiger partial charge in [-0.2, -0.15) is 0 Å². The SMILES string of the molecule is Cc1cc(C(=O)Nc2c(F)cc(F)cc2Br)cc(NN)n1. The second kappa shape index (κ2) is 6.15. The molecule has 0 bridgehead atoms. The molecular weight excluding hydrogens is 346 g/mol. The lowest BCUT2D eigenvalue weighted by molar-refractivity contribution is 0.102. The van der Waals surface area contributed by atoms with Crippen LogP contribution in [0.5, 0.6) is 0 Å². The summed E-state index contributed by atoms with van der Waals surface area (Å²) in [7, 11) is 0. The van der Waals surface area contributed by atoms with Crippen LogP contribution in [0.1, 0.15) is 16.1 Å². The van der Waals surface area contributed by atoms with Crippen molar-refractivity contribution in [3.05, 3.63) is 51.6 Å². The summed E-state index contributed by atoms with van der Waals surface area (Å²) in [5.41, 5.74) is 3.00. The molecule has 0 aliphatic heterocycles. The highest BCUT2D eigenvalue weighted by Gasteiger charge is 2.15. The fourth-order valence-electron chi connectivity index (χ4n) is 1.72. The van der Waals surface area contributed by atoms with E-state index < -0.39 is 17.5 Å². The maximum atomic E-state index is 13.7. The first-order valence-electron chi connectivity index (χ1n) is 5.82. The van der Waals surface area contributed by atoms with Gasteiger partial charge in [-0.15, -0.1) is 0 Å². The van der Waals surface area contributed by atoms with E-state index in [1.807, 2.05) is 0 Å². The monoisotopic (exact) mass is 356 g/mol. The van der Waals surface area contributed by atoms with Crippen LogP contribution in [-0.2, 0) is 0 Å². The molecule has 0 atom stereocenters. The Morgan fingerprint density at radius 2 is 2.00 bits per heavy atom. The van der Waals surface area contributed by atoms with E-state index in [9.17, 15) is 13.6 Å². The van der Waals surface area contributed by atoms with Crippen molar-refractivity contribution < 1.29 is 13.6 Å². The Morgan fingerprint density at radius 3 is 2.62 bits per heavy atom. The molecule has 0 spiro atoms. The molecule has 8 heteroatoms. The number of halogens is 3. The average Bonchev–Trinajstić information content (AvgIpc) is 2.41. The zero-order valence-electron chi connectivity index (χ0n) is 10.9. The zero-order chi connectivity index (χ0) is 15.6. The number of nitrogens with zero attached hydrogens (tertiary/aromatic N) is 1. The number of aromatic nitrogens is 1. The second-order valence-corrected chi connectivity index (χ2v) is 5.08. The van der Waals surface area contributed by atoms with Crippen LogP contribution >= 0.6 is 15.9 Å². The van der Waals surface area contributed by atoms with Crippen molar-refractivity contribution in [1.29, 1.82) is 0 Å². The fraction of sp³-hybridized carbons (Fsp3) is 0.0769. The van der Waals surface area contributed by atoms with Crippen molar-refractivity contribution in [3.63, 3.8) is 0 Å². The summed E-state index contributed by atoms with van der Waals surface area (Å²) in [6, 6.07) is 4.68. The number of nitrogens with one attached hydrogen (secondary N) is 2. The van der Waals surface area contributed by atoms with Crippen molar-refractivity contribution in [2.24, 2.45) is 5.84 Å². The van der Waals surface area contributed by atoms with Gasteiger partial charge in [0.2, 0.25) is 0 Å². The second-order valence-electron chi connectivity index (χ2n) is 4.23. The number of hydrazine groups is 1. The maximum Gasteiger partial charge on any atom is 0.255 e. The van der Waals surface area contributed by atoms with E-state index in [2.05, 4.69) is 31.7 Å². The van der Waals surface area contributed by atoms with Crippen molar-refractivity contribution >= 4 is 33.3 Å². The summed E-state index contributed by atoms with van der Waals surface area (Å²) in [6.45, 7) is 1.69.